The van der Waals surface area contributed by atoms with Gasteiger partial charge in [-0.25, -0.2) is 0 Å². The van der Waals surface area contributed by atoms with Crippen molar-refractivity contribution in [2.45, 2.75) is 25.7 Å². The molecule has 1 aromatic heterocycles. The minimum absolute atomic E-state index is 0.156. The minimum atomic E-state index is -1.10. The van der Waals surface area contributed by atoms with Gasteiger partial charge in [-0.05, 0) is 18.6 Å². The lowest BCUT2D eigenvalue weighted by Gasteiger charge is -2.32. The van der Waals surface area contributed by atoms with Crippen LogP contribution in [0.15, 0.2) is 34.7 Å². The molecule has 2 heterocycles. The molecule has 0 spiro atoms. The number of nitrogens with one attached hydrogen (secondary N) is 1. The number of aryl methyl sites for hydroxylation is 1. The van der Waals surface area contributed by atoms with Crippen molar-refractivity contribution in [1.82, 2.24) is 5.32 Å². The van der Waals surface area contributed by atoms with E-state index in [9.17, 15) is 5.11 Å². The Hall–Kier alpha value is -1.62. The van der Waals surface area contributed by atoms with E-state index in [1.807, 2.05) is 31.2 Å². The van der Waals surface area contributed by atoms with Gasteiger partial charge < -0.3 is 19.9 Å². The topological polar surface area (TPSA) is 65.6 Å². The number of aliphatic hydroxyl groups is 2. The first-order valence-electron chi connectivity index (χ1n) is 6.36. The number of rotatable bonds is 2. The number of β-amino-alcohol motifs (C(OH)–C–C–N with tert-alkyl or cyclic N) is 1. The first-order valence-corrected chi connectivity index (χ1v) is 6.36. The fourth-order valence-electron chi connectivity index (χ4n) is 2.58. The summed E-state index contributed by atoms with van der Waals surface area (Å²) >= 11 is 0. The highest BCUT2D eigenvalue weighted by molar-refractivity contribution is 5.41. The molecular formula is C15H17NO3. The Morgan fingerprint density at radius 1 is 1.32 bits per heavy atom. The van der Waals surface area contributed by atoms with E-state index < -0.39 is 5.60 Å². The van der Waals surface area contributed by atoms with Crippen LogP contribution in [0.1, 0.15) is 28.2 Å². The largest absolute Gasteiger partial charge is 0.462 e. The molecule has 1 aliphatic heterocycles. The van der Waals surface area contributed by atoms with E-state index in [0.717, 1.165) is 16.7 Å². The lowest BCUT2D eigenvalue weighted by Crippen LogP contribution is -2.43. The smallest absolute Gasteiger partial charge is 0.130 e. The lowest BCUT2D eigenvalue weighted by molar-refractivity contribution is 0.0682. The summed E-state index contributed by atoms with van der Waals surface area (Å²) in [4.78, 5) is 0. The van der Waals surface area contributed by atoms with E-state index in [-0.39, 0.29) is 6.61 Å². The second-order valence-electron chi connectivity index (χ2n) is 5.04. The highest BCUT2D eigenvalue weighted by atomic mass is 16.4. The third kappa shape index (κ3) is 1.98. The molecule has 0 saturated carbocycles. The van der Waals surface area contributed by atoms with Crippen LogP contribution in [0.2, 0.25) is 0 Å². The standard InChI is InChI=1S/C15H17NO3/c1-10-2-4-11(5-3-10)15(18)9-16-7-14-13(15)6-12(8-17)19-14/h2-6,16-18H,7-9H2,1H3. The summed E-state index contributed by atoms with van der Waals surface area (Å²) in [6.45, 7) is 2.87. The predicted octanol–water partition coefficient (Wildman–Crippen LogP) is 1.42. The molecule has 4 nitrogen and oxygen atoms in total. The number of benzene rings is 1. The molecule has 1 atom stereocenters. The summed E-state index contributed by atoms with van der Waals surface area (Å²) in [6.07, 6.45) is 0. The van der Waals surface area contributed by atoms with Crippen LogP contribution in [0, 0.1) is 6.92 Å². The molecule has 3 rings (SSSR count). The van der Waals surface area contributed by atoms with Gasteiger partial charge in [0.1, 0.15) is 23.7 Å². The average molecular weight is 259 g/mol. The quantitative estimate of drug-likeness (QED) is 0.763. The molecule has 0 amide bonds. The van der Waals surface area contributed by atoms with Crippen molar-refractivity contribution in [3.05, 3.63) is 58.5 Å². The summed E-state index contributed by atoms with van der Waals surface area (Å²) in [5.41, 5.74) is 1.63. The second-order valence-corrected chi connectivity index (χ2v) is 5.04. The molecule has 0 bridgehead atoms. The molecule has 1 unspecified atom stereocenters. The van der Waals surface area contributed by atoms with Crippen LogP contribution in [0.25, 0.3) is 0 Å². The fourth-order valence-corrected chi connectivity index (χ4v) is 2.58. The van der Waals surface area contributed by atoms with Crippen LogP contribution in [0.5, 0.6) is 0 Å². The third-order valence-corrected chi connectivity index (χ3v) is 3.66. The summed E-state index contributed by atoms with van der Waals surface area (Å²) in [5.74, 6) is 1.18. The third-order valence-electron chi connectivity index (χ3n) is 3.66. The second kappa shape index (κ2) is 4.49. The Labute approximate surface area is 111 Å². The first kappa shape index (κ1) is 12.4. The molecule has 1 aromatic carbocycles. The van der Waals surface area contributed by atoms with Gasteiger partial charge in [-0.1, -0.05) is 29.8 Å². The monoisotopic (exact) mass is 259 g/mol. The van der Waals surface area contributed by atoms with Gasteiger partial charge in [-0.2, -0.15) is 0 Å². The van der Waals surface area contributed by atoms with E-state index >= 15 is 0 Å². The average Bonchev–Trinajstić information content (AvgIpc) is 2.84. The zero-order valence-corrected chi connectivity index (χ0v) is 10.8. The van der Waals surface area contributed by atoms with Crippen LogP contribution in [-0.2, 0) is 18.8 Å². The molecule has 0 radical (unpaired) electrons. The van der Waals surface area contributed by atoms with Crippen molar-refractivity contribution in [3.63, 3.8) is 0 Å². The molecule has 100 valence electrons. The fraction of sp³-hybridized carbons (Fsp3) is 0.333. The highest BCUT2D eigenvalue weighted by Gasteiger charge is 2.38. The molecular weight excluding hydrogens is 242 g/mol. The van der Waals surface area contributed by atoms with Crippen LogP contribution in [0.3, 0.4) is 0 Å². The molecule has 0 saturated heterocycles. The zero-order valence-electron chi connectivity index (χ0n) is 10.8. The number of hydrogen-bond donors (Lipinski definition) is 3. The Balaban J connectivity index is 2.10. The van der Waals surface area contributed by atoms with Crippen LogP contribution < -0.4 is 5.32 Å². The zero-order chi connectivity index (χ0) is 13.5. The molecule has 19 heavy (non-hydrogen) atoms. The lowest BCUT2D eigenvalue weighted by atomic mass is 9.84. The first-order chi connectivity index (χ1) is 9.13. The number of furan rings is 1. The molecule has 0 aliphatic carbocycles. The van der Waals surface area contributed by atoms with E-state index in [4.69, 9.17) is 9.52 Å². The normalized spacial score (nSPS) is 22.3. The van der Waals surface area contributed by atoms with E-state index in [1.165, 1.54) is 0 Å². The maximum Gasteiger partial charge on any atom is 0.130 e. The molecule has 1 aliphatic rings. The van der Waals surface area contributed by atoms with Gasteiger partial charge in [0.2, 0.25) is 0 Å². The number of aliphatic hydroxyl groups excluding tert-OH is 1. The summed E-state index contributed by atoms with van der Waals surface area (Å²) < 4.78 is 5.52. The SMILES string of the molecule is Cc1ccc(C2(O)CNCc3oc(CO)cc32)cc1. The predicted molar refractivity (Wildman–Crippen MR) is 70.5 cm³/mol. The summed E-state index contributed by atoms with van der Waals surface area (Å²) in [7, 11) is 0. The van der Waals surface area contributed by atoms with Crippen LogP contribution in [0.4, 0.5) is 0 Å². The van der Waals surface area contributed by atoms with Crippen molar-refractivity contribution in [1.29, 1.82) is 0 Å². The maximum absolute atomic E-state index is 11.0. The van der Waals surface area contributed by atoms with Crippen molar-refractivity contribution < 1.29 is 14.6 Å². The van der Waals surface area contributed by atoms with Crippen molar-refractivity contribution in [2.75, 3.05) is 6.54 Å². The number of hydrogen-bond acceptors (Lipinski definition) is 4. The summed E-state index contributed by atoms with van der Waals surface area (Å²) in [5, 5.41) is 23.3. The van der Waals surface area contributed by atoms with Gasteiger partial charge >= 0.3 is 0 Å². The Morgan fingerprint density at radius 2 is 2.05 bits per heavy atom. The van der Waals surface area contributed by atoms with Gasteiger partial charge in [0.15, 0.2) is 0 Å². The van der Waals surface area contributed by atoms with Crippen LogP contribution >= 0.6 is 0 Å². The van der Waals surface area contributed by atoms with Crippen LogP contribution in [-0.4, -0.2) is 16.8 Å². The minimum Gasteiger partial charge on any atom is -0.462 e. The Morgan fingerprint density at radius 3 is 2.74 bits per heavy atom. The van der Waals surface area contributed by atoms with Crippen molar-refractivity contribution in [2.24, 2.45) is 0 Å². The van der Waals surface area contributed by atoms with E-state index in [1.54, 1.807) is 6.07 Å². The van der Waals surface area contributed by atoms with Gasteiger partial charge in [0.05, 0.1) is 6.54 Å². The van der Waals surface area contributed by atoms with Gasteiger partial charge in [-0.15, -0.1) is 0 Å². The Kier molecular flexibility index (Phi) is 2.93. The summed E-state index contributed by atoms with van der Waals surface area (Å²) in [6, 6.07) is 9.56. The molecule has 0 fully saturated rings. The van der Waals surface area contributed by atoms with Crippen molar-refractivity contribution >= 4 is 0 Å². The van der Waals surface area contributed by atoms with Gasteiger partial charge in [0, 0.05) is 12.1 Å². The van der Waals surface area contributed by atoms with Crippen molar-refractivity contribution in [3.8, 4) is 0 Å². The maximum atomic E-state index is 11.0. The van der Waals surface area contributed by atoms with Gasteiger partial charge in [-0.3, -0.25) is 0 Å². The van der Waals surface area contributed by atoms with E-state index in [2.05, 4.69) is 5.32 Å². The molecule has 2 aromatic rings. The van der Waals surface area contributed by atoms with E-state index in [0.29, 0.717) is 24.6 Å². The molecule has 4 heteroatoms. The highest BCUT2D eigenvalue weighted by Crippen LogP contribution is 2.36. The Bertz CT molecular complexity index is 588. The van der Waals surface area contributed by atoms with Gasteiger partial charge in [0.25, 0.3) is 0 Å². The molecule has 3 N–H and O–H groups in total. The number of fused-ring (bicyclic) bond motifs is 1.